The summed E-state index contributed by atoms with van der Waals surface area (Å²) in [7, 11) is -2.39. The Hall–Kier alpha value is -1.15. The number of carbonyl (C=O) groups is 2. The predicted molar refractivity (Wildman–Crippen MR) is 64.8 cm³/mol. The van der Waals surface area contributed by atoms with Crippen LogP contribution in [0.1, 0.15) is 25.7 Å². The van der Waals surface area contributed by atoms with Gasteiger partial charge in [-0.05, 0) is 19.3 Å². The number of hydrogen-bond acceptors (Lipinski definition) is 5. The van der Waals surface area contributed by atoms with E-state index < -0.39 is 33.9 Å². The Kier molecular flexibility index (Phi) is 3.82. The first-order valence-electron chi connectivity index (χ1n) is 6.17. The van der Waals surface area contributed by atoms with Crippen molar-refractivity contribution in [1.29, 1.82) is 0 Å². The minimum atomic E-state index is -3.60. The lowest BCUT2D eigenvalue weighted by atomic mass is 9.89. The summed E-state index contributed by atoms with van der Waals surface area (Å²) in [4.78, 5) is 22.1. The second-order valence-corrected chi connectivity index (χ2v) is 6.94. The summed E-state index contributed by atoms with van der Waals surface area (Å²) in [6.45, 7) is 0. The molecule has 0 aromatic heterocycles. The minimum Gasteiger partial charge on any atom is -0.481 e. The Morgan fingerprint density at radius 3 is 2.58 bits per heavy atom. The number of sulfonamides is 1. The SMILES string of the molecule is COC(=O)CCS(=O)(=O)N1C2CCC1C(C(=O)O)C2. The van der Waals surface area contributed by atoms with Gasteiger partial charge in [0.05, 0.1) is 25.2 Å². The highest BCUT2D eigenvalue weighted by Gasteiger charge is 2.53. The quantitative estimate of drug-likeness (QED) is 0.705. The summed E-state index contributed by atoms with van der Waals surface area (Å²) in [5.41, 5.74) is 0. The Bertz CT molecular complexity index is 487. The van der Waals surface area contributed by atoms with Crippen LogP contribution in [0, 0.1) is 5.92 Å². The molecule has 0 amide bonds. The number of esters is 1. The molecule has 0 radical (unpaired) electrons. The fraction of sp³-hybridized carbons (Fsp3) is 0.818. The van der Waals surface area contributed by atoms with Gasteiger partial charge in [0.2, 0.25) is 10.0 Å². The van der Waals surface area contributed by atoms with Gasteiger partial charge in [0.15, 0.2) is 0 Å². The van der Waals surface area contributed by atoms with E-state index in [9.17, 15) is 18.0 Å². The molecule has 19 heavy (non-hydrogen) atoms. The van der Waals surface area contributed by atoms with Crippen LogP contribution in [0.3, 0.4) is 0 Å². The van der Waals surface area contributed by atoms with Crippen molar-refractivity contribution >= 4 is 22.0 Å². The molecule has 2 aliphatic heterocycles. The van der Waals surface area contributed by atoms with Gasteiger partial charge >= 0.3 is 11.9 Å². The largest absolute Gasteiger partial charge is 0.481 e. The molecular weight excluding hydrogens is 274 g/mol. The zero-order valence-electron chi connectivity index (χ0n) is 10.6. The molecule has 2 saturated heterocycles. The van der Waals surface area contributed by atoms with Crippen LogP contribution >= 0.6 is 0 Å². The van der Waals surface area contributed by atoms with Crippen molar-refractivity contribution < 1.29 is 27.9 Å². The summed E-state index contributed by atoms with van der Waals surface area (Å²) in [6, 6.07) is -0.682. The predicted octanol–water partition coefficient (Wildman–Crippen LogP) is -0.183. The number of ether oxygens (including phenoxy) is 1. The fourth-order valence-corrected chi connectivity index (χ4v) is 5.00. The molecule has 0 aromatic carbocycles. The lowest BCUT2D eigenvalue weighted by molar-refractivity contribution is -0.142. The standard InChI is InChI=1S/C11H17NO6S/c1-18-10(13)4-5-19(16,17)12-7-2-3-9(12)8(6-7)11(14)15/h7-9H,2-6H2,1H3,(H,14,15). The van der Waals surface area contributed by atoms with Crippen LogP contribution in [0.4, 0.5) is 0 Å². The van der Waals surface area contributed by atoms with Crippen LogP contribution in [-0.2, 0) is 24.3 Å². The summed E-state index contributed by atoms with van der Waals surface area (Å²) in [5, 5.41) is 9.08. The molecule has 0 spiro atoms. The normalized spacial score (nSPS) is 30.5. The van der Waals surface area contributed by atoms with Crippen LogP contribution in [0.25, 0.3) is 0 Å². The van der Waals surface area contributed by atoms with Crippen molar-refractivity contribution in [3.8, 4) is 0 Å². The number of aliphatic carboxylic acids is 1. The number of carboxylic acid groups (broad SMARTS) is 1. The molecule has 108 valence electrons. The summed E-state index contributed by atoms with van der Waals surface area (Å²) in [6.07, 6.45) is 1.45. The topological polar surface area (TPSA) is 101 Å². The third-order valence-corrected chi connectivity index (χ3v) is 5.83. The number of nitrogens with zero attached hydrogens (tertiary/aromatic N) is 1. The van der Waals surface area contributed by atoms with Crippen LogP contribution in [0.15, 0.2) is 0 Å². The number of carbonyl (C=O) groups excluding carboxylic acids is 1. The van der Waals surface area contributed by atoms with Gasteiger partial charge < -0.3 is 9.84 Å². The highest BCUT2D eigenvalue weighted by molar-refractivity contribution is 7.89. The van der Waals surface area contributed by atoms with Gasteiger partial charge in [0.1, 0.15) is 0 Å². The molecule has 2 bridgehead atoms. The third kappa shape index (κ3) is 2.59. The summed E-state index contributed by atoms with van der Waals surface area (Å²) >= 11 is 0. The second-order valence-electron chi connectivity index (χ2n) is 4.95. The molecule has 7 nitrogen and oxygen atoms in total. The molecule has 2 aliphatic rings. The lowest BCUT2D eigenvalue weighted by Crippen LogP contribution is -2.39. The maximum Gasteiger partial charge on any atom is 0.308 e. The van der Waals surface area contributed by atoms with E-state index >= 15 is 0 Å². The van der Waals surface area contributed by atoms with Crippen molar-refractivity contribution in [3.05, 3.63) is 0 Å². The summed E-state index contributed by atoms with van der Waals surface area (Å²) < 4.78 is 30.1. The molecule has 2 heterocycles. The van der Waals surface area contributed by atoms with Crippen molar-refractivity contribution in [3.63, 3.8) is 0 Å². The van der Waals surface area contributed by atoms with E-state index in [-0.39, 0.29) is 18.2 Å². The molecule has 8 heteroatoms. The Morgan fingerprint density at radius 1 is 1.37 bits per heavy atom. The van der Waals surface area contributed by atoms with Gasteiger partial charge in [0, 0.05) is 12.1 Å². The van der Waals surface area contributed by atoms with Crippen molar-refractivity contribution in [2.45, 2.75) is 37.8 Å². The average molecular weight is 291 g/mol. The third-order valence-electron chi connectivity index (χ3n) is 3.90. The Morgan fingerprint density at radius 2 is 2.05 bits per heavy atom. The van der Waals surface area contributed by atoms with Gasteiger partial charge in [-0.25, -0.2) is 8.42 Å². The first-order valence-corrected chi connectivity index (χ1v) is 7.78. The van der Waals surface area contributed by atoms with E-state index in [1.54, 1.807) is 0 Å². The highest BCUT2D eigenvalue weighted by atomic mass is 32.2. The number of rotatable bonds is 5. The van der Waals surface area contributed by atoms with Gasteiger partial charge in [-0.3, -0.25) is 9.59 Å². The maximum atomic E-state index is 12.2. The smallest absolute Gasteiger partial charge is 0.308 e. The van der Waals surface area contributed by atoms with Crippen LogP contribution in [0.5, 0.6) is 0 Å². The monoisotopic (exact) mass is 291 g/mol. The van der Waals surface area contributed by atoms with E-state index in [1.165, 1.54) is 11.4 Å². The molecule has 2 fully saturated rings. The average Bonchev–Trinajstić information content (AvgIpc) is 2.94. The van der Waals surface area contributed by atoms with Gasteiger partial charge in [-0.1, -0.05) is 0 Å². The highest BCUT2D eigenvalue weighted by Crippen LogP contribution is 2.43. The van der Waals surface area contributed by atoms with E-state index in [0.29, 0.717) is 19.3 Å². The zero-order chi connectivity index (χ0) is 14.2. The van der Waals surface area contributed by atoms with E-state index in [2.05, 4.69) is 4.74 Å². The van der Waals surface area contributed by atoms with E-state index in [0.717, 1.165) is 0 Å². The van der Waals surface area contributed by atoms with Gasteiger partial charge in [-0.15, -0.1) is 0 Å². The molecule has 3 atom stereocenters. The fourth-order valence-electron chi connectivity index (χ4n) is 3.06. The van der Waals surface area contributed by atoms with E-state index in [1.807, 2.05) is 0 Å². The lowest BCUT2D eigenvalue weighted by Gasteiger charge is -2.22. The van der Waals surface area contributed by atoms with Gasteiger partial charge in [0.25, 0.3) is 0 Å². The summed E-state index contributed by atoms with van der Waals surface area (Å²) in [5.74, 6) is -2.46. The van der Waals surface area contributed by atoms with Gasteiger partial charge in [-0.2, -0.15) is 4.31 Å². The van der Waals surface area contributed by atoms with Crippen LogP contribution in [-0.4, -0.2) is 54.7 Å². The molecule has 2 rings (SSSR count). The molecule has 0 saturated carbocycles. The Balaban J connectivity index is 2.09. The maximum absolute atomic E-state index is 12.2. The molecule has 0 aliphatic carbocycles. The minimum absolute atomic E-state index is 0.202. The number of hydrogen-bond donors (Lipinski definition) is 1. The Labute approximate surface area is 111 Å². The zero-order valence-corrected chi connectivity index (χ0v) is 11.4. The van der Waals surface area contributed by atoms with Crippen molar-refractivity contribution in [1.82, 2.24) is 4.31 Å². The first kappa shape index (κ1) is 14.3. The van der Waals surface area contributed by atoms with Crippen molar-refractivity contribution in [2.75, 3.05) is 12.9 Å². The molecule has 1 N–H and O–H groups in total. The second kappa shape index (κ2) is 5.09. The molecule has 0 aromatic rings. The molecular formula is C11H17NO6S. The van der Waals surface area contributed by atoms with Crippen LogP contribution in [0.2, 0.25) is 0 Å². The first-order chi connectivity index (χ1) is 8.86. The molecule has 3 unspecified atom stereocenters. The number of carboxylic acids is 1. The van der Waals surface area contributed by atoms with Crippen molar-refractivity contribution in [2.24, 2.45) is 5.92 Å². The van der Waals surface area contributed by atoms with E-state index in [4.69, 9.17) is 5.11 Å². The number of fused-ring (bicyclic) bond motifs is 2. The van der Waals surface area contributed by atoms with Crippen LogP contribution < -0.4 is 0 Å². The number of methoxy groups -OCH3 is 1.